The Labute approximate surface area is 151 Å². The van der Waals surface area contributed by atoms with Crippen LogP contribution in [0.5, 0.6) is 0 Å². The predicted molar refractivity (Wildman–Crippen MR) is 96.9 cm³/mol. The molecule has 0 aliphatic carbocycles. The Kier molecular flexibility index (Phi) is 5.10. The van der Waals surface area contributed by atoms with E-state index in [2.05, 4.69) is 10.3 Å². The summed E-state index contributed by atoms with van der Waals surface area (Å²) in [4.78, 5) is 28.6. The SMILES string of the molecule is CCOC(=O)Cc1csc(NC(=O)c2sc3cccc(F)c3c2C)n1. The first-order chi connectivity index (χ1) is 12.0. The largest absolute Gasteiger partial charge is 0.466 e. The molecule has 1 N–H and O–H groups in total. The Morgan fingerprint density at radius 2 is 2.16 bits per heavy atom. The number of rotatable bonds is 5. The molecule has 0 aliphatic rings. The summed E-state index contributed by atoms with van der Waals surface area (Å²) < 4.78 is 19.6. The predicted octanol–water partition coefficient (Wildman–Crippen LogP) is 4.16. The zero-order valence-electron chi connectivity index (χ0n) is 13.6. The monoisotopic (exact) mass is 378 g/mol. The van der Waals surface area contributed by atoms with Gasteiger partial charge in [-0.15, -0.1) is 22.7 Å². The Morgan fingerprint density at radius 1 is 1.36 bits per heavy atom. The molecule has 0 saturated heterocycles. The van der Waals surface area contributed by atoms with Crippen LogP contribution < -0.4 is 5.32 Å². The van der Waals surface area contributed by atoms with E-state index in [-0.39, 0.29) is 24.1 Å². The van der Waals surface area contributed by atoms with Gasteiger partial charge in [-0.25, -0.2) is 9.37 Å². The fourth-order valence-corrected chi connectivity index (χ4v) is 4.25. The van der Waals surface area contributed by atoms with Gasteiger partial charge in [-0.3, -0.25) is 14.9 Å². The number of nitrogens with zero attached hydrogens (tertiary/aromatic N) is 1. The summed E-state index contributed by atoms with van der Waals surface area (Å²) in [6.45, 7) is 3.78. The van der Waals surface area contributed by atoms with Crippen molar-refractivity contribution in [3.8, 4) is 0 Å². The molecule has 3 aromatic rings. The molecule has 2 heterocycles. The average molecular weight is 378 g/mol. The standard InChI is InChI=1S/C17H15FN2O3S2/c1-3-23-13(21)7-10-8-24-17(19-10)20-16(22)15-9(2)14-11(18)5-4-6-12(14)25-15/h4-6,8H,3,7H2,1-2H3,(H,19,20,22). The summed E-state index contributed by atoms with van der Waals surface area (Å²) in [5.41, 5.74) is 1.15. The number of halogens is 1. The number of fused-ring (bicyclic) bond motifs is 1. The van der Waals surface area contributed by atoms with E-state index < -0.39 is 0 Å². The van der Waals surface area contributed by atoms with Crippen LogP contribution in [0.1, 0.15) is 27.9 Å². The van der Waals surface area contributed by atoms with E-state index in [4.69, 9.17) is 4.74 Å². The second kappa shape index (κ2) is 7.28. The lowest BCUT2D eigenvalue weighted by atomic mass is 10.1. The maximum absolute atomic E-state index is 14.0. The van der Waals surface area contributed by atoms with Gasteiger partial charge in [0.05, 0.1) is 23.6 Å². The lowest BCUT2D eigenvalue weighted by Crippen LogP contribution is -2.12. The van der Waals surface area contributed by atoms with Gasteiger partial charge in [-0.05, 0) is 31.5 Å². The molecule has 25 heavy (non-hydrogen) atoms. The van der Waals surface area contributed by atoms with E-state index >= 15 is 0 Å². The van der Waals surface area contributed by atoms with Gasteiger partial charge in [0.2, 0.25) is 0 Å². The molecule has 5 nitrogen and oxygen atoms in total. The van der Waals surface area contributed by atoms with Crippen LogP contribution in [-0.2, 0) is 16.0 Å². The zero-order valence-corrected chi connectivity index (χ0v) is 15.2. The van der Waals surface area contributed by atoms with Crippen LogP contribution in [-0.4, -0.2) is 23.5 Å². The van der Waals surface area contributed by atoms with Gasteiger partial charge in [0.1, 0.15) is 5.82 Å². The summed E-state index contributed by atoms with van der Waals surface area (Å²) in [7, 11) is 0. The molecule has 8 heteroatoms. The number of aromatic nitrogens is 1. The number of nitrogens with one attached hydrogen (secondary N) is 1. The molecule has 0 radical (unpaired) electrons. The van der Waals surface area contributed by atoms with E-state index in [1.807, 2.05) is 0 Å². The quantitative estimate of drug-likeness (QED) is 0.677. The molecule has 1 amide bonds. The minimum atomic E-state index is -0.360. The topological polar surface area (TPSA) is 68.3 Å². The maximum atomic E-state index is 14.0. The highest BCUT2D eigenvalue weighted by Crippen LogP contribution is 2.33. The second-order valence-corrected chi connectivity index (χ2v) is 7.16. The van der Waals surface area contributed by atoms with E-state index in [0.29, 0.717) is 33.3 Å². The molecule has 0 atom stereocenters. The van der Waals surface area contributed by atoms with Gasteiger partial charge in [0, 0.05) is 15.5 Å². The van der Waals surface area contributed by atoms with Gasteiger partial charge >= 0.3 is 5.97 Å². The van der Waals surface area contributed by atoms with Gasteiger partial charge in [0.15, 0.2) is 5.13 Å². The van der Waals surface area contributed by atoms with Crippen LogP contribution in [0.15, 0.2) is 23.6 Å². The number of aryl methyl sites for hydroxylation is 1. The summed E-state index contributed by atoms with van der Waals surface area (Å²) in [5, 5.41) is 5.27. The van der Waals surface area contributed by atoms with E-state index in [1.54, 1.807) is 31.4 Å². The molecular weight excluding hydrogens is 363 g/mol. The lowest BCUT2D eigenvalue weighted by molar-refractivity contribution is -0.142. The molecule has 0 bridgehead atoms. The van der Waals surface area contributed by atoms with Crippen LogP contribution in [0.2, 0.25) is 0 Å². The van der Waals surface area contributed by atoms with Gasteiger partial charge in [-0.1, -0.05) is 6.07 Å². The number of amides is 1. The van der Waals surface area contributed by atoms with Crippen LogP contribution in [0.25, 0.3) is 10.1 Å². The molecule has 0 unspecified atom stereocenters. The molecular formula is C17H15FN2O3S2. The highest BCUT2D eigenvalue weighted by atomic mass is 32.1. The first-order valence-corrected chi connectivity index (χ1v) is 9.28. The Balaban J connectivity index is 1.77. The third-order valence-corrected chi connectivity index (χ3v) is 5.57. The van der Waals surface area contributed by atoms with Crippen molar-refractivity contribution in [2.24, 2.45) is 0 Å². The number of thiazole rings is 1. The normalized spacial score (nSPS) is 10.8. The molecule has 0 saturated carbocycles. The maximum Gasteiger partial charge on any atom is 0.311 e. The molecule has 1 aromatic carbocycles. The highest BCUT2D eigenvalue weighted by Gasteiger charge is 2.19. The number of hydrogen-bond acceptors (Lipinski definition) is 6. The summed E-state index contributed by atoms with van der Waals surface area (Å²) in [6.07, 6.45) is 0.0628. The highest BCUT2D eigenvalue weighted by molar-refractivity contribution is 7.21. The number of anilines is 1. The van der Waals surface area contributed by atoms with Crippen LogP contribution in [0.3, 0.4) is 0 Å². The van der Waals surface area contributed by atoms with Crippen molar-refractivity contribution in [3.63, 3.8) is 0 Å². The molecule has 0 spiro atoms. The third-order valence-electron chi connectivity index (χ3n) is 3.51. The van der Waals surface area contributed by atoms with E-state index in [1.165, 1.54) is 28.7 Å². The van der Waals surface area contributed by atoms with E-state index in [0.717, 1.165) is 4.70 Å². The van der Waals surface area contributed by atoms with Crippen molar-refractivity contribution in [3.05, 3.63) is 45.5 Å². The minimum Gasteiger partial charge on any atom is -0.466 e. The molecule has 0 fully saturated rings. The number of carbonyl (C=O) groups is 2. The summed E-state index contributed by atoms with van der Waals surface area (Å²) in [5.74, 6) is -1.03. The third kappa shape index (κ3) is 3.69. The van der Waals surface area contributed by atoms with Crippen molar-refractivity contribution < 1.29 is 18.7 Å². The van der Waals surface area contributed by atoms with Gasteiger partial charge in [0.25, 0.3) is 5.91 Å². The lowest BCUT2D eigenvalue weighted by Gasteiger charge is -2.01. The van der Waals surface area contributed by atoms with Crippen LogP contribution in [0, 0.1) is 12.7 Å². The Morgan fingerprint density at radius 3 is 2.88 bits per heavy atom. The van der Waals surface area contributed by atoms with Crippen molar-refractivity contribution in [1.29, 1.82) is 0 Å². The fraction of sp³-hybridized carbons (Fsp3) is 0.235. The second-order valence-electron chi connectivity index (χ2n) is 5.25. The summed E-state index contributed by atoms with van der Waals surface area (Å²) in [6, 6.07) is 4.79. The fourth-order valence-electron chi connectivity index (χ4n) is 2.43. The van der Waals surface area contributed by atoms with E-state index in [9.17, 15) is 14.0 Å². The number of thiophene rings is 1. The van der Waals surface area contributed by atoms with Gasteiger partial charge < -0.3 is 4.74 Å². The number of carbonyl (C=O) groups excluding carboxylic acids is 2. The smallest absolute Gasteiger partial charge is 0.311 e. The number of esters is 1. The average Bonchev–Trinajstić information content (AvgIpc) is 3.13. The number of benzene rings is 1. The molecule has 0 aliphatic heterocycles. The molecule has 2 aromatic heterocycles. The van der Waals surface area contributed by atoms with Crippen molar-refractivity contribution in [2.75, 3.05) is 11.9 Å². The van der Waals surface area contributed by atoms with Crippen LogP contribution >= 0.6 is 22.7 Å². The first-order valence-electron chi connectivity index (χ1n) is 7.58. The summed E-state index contributed by atoms with van der Waals surface area (Å²) >= 11 is 2.47. The number of hydrogen-bond donors (Lipinski definition) is 1. The Bertz CT molecular complexity index is 949. The van der Waals surface area contributed by atoms with Crippen LogP contribution in [0.4, 0.5) is 9.52 Å². The minimum absolute atomic E-state index is 0.0628. The van der Waals surface area contributed by atoms with Crippen molar-refractivity contribution in [1.82, 2.24) is 4.98 Å². The van der Waals surface area contributed by atoms with Crippen molar-refractivity contribution in [2.45, 2.75) is 20.3 Å². The molecule has 3 rings (SSSR count). The van der Waals surface area contributed by atoms with Crippen molar-refractivity contribution >= 4 is 49.8 Å². The Hall–Kier alpha value is -2.32. The number of ether oxygens (including phenoxy) is 1. The van der Waals surface area contributed by atoms with Gasteiger partial charge in [-0.2, -0.15) is 0 Å². The first kappa shape index (κ1) is 17.5. The zero-order chi connectivity index (χ0) is 18.0. The molecule has 130 valence electrons.